The molecule has 3 nitrogen and oxygen atoms in total. The number of halogens is 2. The Morgan fingerprint density at radius 1 is 1.00 bits per heavy atom. The summed E-state index contributed by atoms with van der Waals surface area (Å²) in [6.07, 6.45) is 0. The molecule has 0 atom stereocenters. The van der Waals surface area contributed by atoms with Crippen molar-refractivity contribution in [1.29, 1.82) is 0 Å². The van der Waals surface area contributed by atoms with Crippen LogP contribution in [0, 0.1) is 0 Å². The Morgan fingerprint density at radius 2 is 1.29 bits per heavy atom. The summed E-state index contributed by atoms with van der Waals surface area (Å²) in [6, 6.07) is 0. The van der Waals surface area contributed by atoms with Crippen molar-refractivity contribution in [1.82, 2.24) is 0 Å². The molecule has 0 fully saturated rings. The van der Waals surface area contributed by atoms with Crippen molar-refractivity contribution < 1.29 is 21.4 Å². The van der Waals surface area contributed by atoms with Gasteiger partial charge in [0, 0.05) is 0 Å². The third kappa shape index (κ3) is 5.62. The van der Waals surface area contributed by atoms with E-state index in [-0.39, 0.29) is 0 Å². The first-order valence-corrected chi connectivity index (χ1v) is 5.15. The molecule has 0 amide bonds. The van der Waals surface area contributed by atoms with Gasteiger partial charge in [-0.3, -0.25) is 8.37 Å². The van der Waals surface area contributed by atoms with Crippen LogP contribution >= 0.6 is 0 Å². The minimum atomic E-state index is -2.14. The summed E-state index contributed by atoms with van der Waals surface area (Å²) in [5, 5.41) is 0. The maximum Gasteiger partial charge on any atom is 0.305 e. The van der Waals surface area contributed by atoms with Crippen LogP contribution < -0.4 is 0 Å². The molecule has 0 aliphatic rings. The van der Waals surface area contributed by atoms with Gasteiger partial charge in [-0.25, -0.2) is 8.78 Å². The molecule has 86 valence electrons. The molecule has 0 aromatic heterocycles. The van der Waals surface area contributed by atoms with Gasteiger partial charge in [0.25, 0.3) is 0 Å². The predicted molar refractivity (Wildman–Crippen MR) is 50.4 cm³/mol. The van der Waals surface area contributed by atoms with Crippen molar-refractivity contribution in [2.24, 2.45) is 0 Å². The van der Waals surface area contributed by atoms with Crippen LogP contribution in [0.25, 0.3) is 0 Å². The van der Waals surface area contributed by atoms with Gasteiger partial charge in [-0.1, -0.05) is 0 Å². The summed E-state index contributed by atoms with van der Waals surface area (Å²) < 4.78 is 45.1. The molecule has 0 N–H and O–H groups in total. The molecule has 14 heavy (non-hydrogen) atoms. The average Bonchev–Trinajstić information content (AvgIpc) is 2.02. The normalized spacial score (nSPS) is 13.6. The van der Waals surface area contributed by atoms with Gasteiger partial charge in [0.05, 0.1) is 0 Å². The van der Waals surface area contributed by atoms with Crippen molar-refractivity contribution in [3.8, 4) is 0 Å². The van der Waals surface area contributed by atoms with E-state index in [1.807, 2.05) is 0 Å². The summed E-state index contributed by atoms with van der Waals surface area (Å²) in [6.45, 7) is 4.12. The highest BCUT2D eigenvalue weighted by Crippen LogP contribution is 2.17. The second kappa shape index (κ2) is 5.14. The highest BCUT2D eigenvalue weighted by molar-refractivity contribution is 7.75. The number of hydrogen-bond acceptors (Lipinski definition) is 3. The molecule has 0 heterocycles. The first-order valence-electron chi connectivity index (χ1n) is 4.15. The fourth-order valence-corrected chi connectivity index (χ4v) is 1.29. The average molecular weight is 230 g/mol. The maximum atomic E-state index is 12.3. The van der Waals surface area contributed by atoms with E-state index >= 15 is 0 Å². The largest absolute Gasteiger partial charge is 0.305 e. The van der Waals surface area contributed by atoms with Crippen LogP contribution in [0.4, 0.5) is 8.78 Å². The van der Waals surface area contributed by atoms with Crippen LogP contribution in [0.5, 0.6) is 0 Å². The molecule has 0 aliphatic carbocycles. The van der Waals surface area contributed by atoms with Gasteiger partial charge < -0.3 is 0 Å². The zero-order valence-electron chi connectivity index (χ0n) is 8.80. The zero-order chi connectivity index (χ0) is 11.4. The lowest BCUT2D eigenvalue weighted by Crippen LogP contribution is -2.34. The van der Waals surface area contributed by atoms with Crippen LogP contribution in [0.15, 0.2) is 0 Å². The van der Waals surface area contributed by atoms with Crippen LogP contribution in [0.1, 0.15) is 27.7 Å². The van der Waals surface area contributed by atoms with Crippen LogP contribution in [0.3, 0.4) is 0 Å². The third-order valence-corrected chi connectivity index (χ3v) is 2.41. The third-order valence-electron chi connectivity index (χ3n) is 1.23. The Bertz CT molecular complexity index is 187. The van der Waals surface area contributed by atoms with Gasteiger partial charge in [-0.2, -0.15) is 4.21 Å². The van der Waals surface area contributed by atoms with Gasteiger partial charge in [0.15, 0.2) is 0 Å². The first-order chi connectivity index (χ1) is 6.22. The Labute approximate surface area is 85.6 Å². The Balaban J connectivity index is 4.12. The quantitative estimate of drug-likeness (QED) is 0.701. The molecule has 0 aliphatic heterocycles. The summed E-state index contributed by atoms with van der Waals surface area (Å²) in [5.74, 6) is 0. The lowest BCUT2D eigenvalue weighted by atomic mass is 10.2. The first kappa shape index (κ1) is 13.9. The smallest absolute Gasteiger partial charge is 0.260 e. The fraction of sp³-hybridized carbons (Fsp3) is 1.00. The predicted octanol–water partition coefficient (Wildman–Crippen LogP) is 2.09. The molecule has 0 aromatic carbocycles. The second-order valence-corrected chi connectivity index (χ2v) is 4.90. The molecule has 0 saturated carbocycles. The lowest BCUT2D eigenvalue weighted by molar-refractivity contribution is 0.0344. The summed E-state index contributed by atoms with van der Waals surface area (Å²) in [7, 11) is 0. The van der Waals surface area contributed by atoms with Crippen molar-refractivity contribution in [2.45, 2.75) is 38.9 Å². The Hall–Kier alpha value is -0.0700. The zero-order valence-corrected chi connectivity index (χ0v) is 9.62. The van der Waals surface area contributed by atoms with E-state index in [1.54, 1.807) is 0 Å². The topological polar surface area (TPSA) is 35.5 Å². The monoisotopic (exact) mass is 230 g/mol. The van der Waals surface area contributed by atoms with Gasteiger partial charge in [-0.15, -0.1) is 0 Å². The molecule has 6 heteroatoms. The minimum Gasteiger partial charge on any atom is -0.260 e. The van der Waals surface area contributed by atoms with E-state index in [2.05, 4.69) is 0 Å². The summed E-state index contributed by atoms with van der Waals surface area (Å²) in [5.41, 5.74) is -2.37. The molecular weight excluding hydrogens is 214 g/mol. The molecule has 0 aromatic rings. The molecule has 0 unspecified atom stereocenters. The van der Waals surface area contributed by atoms with Crippen molar-refractivity contribution in [3.05, 3.63) is 0 Å². The van der Waals surface area contributed by atoms with E-state index < -0.39 is 35.9 Å². The van der Waals surface area contributed by atoms with Gasteiger partial charge in [-0.05, 0) is 27.7 Å². The van der Waals surface area contributed by atoms with Gasteiger partial charge >= 0.3 is 11.4 Å². The van der Waals surface area contributed by atoms with Crippen molar-refractivity contribution >= 4 is 11.4 Å². The highest BCUT2D eigenvalue weighted by atomic mass is 32.2. The van der Waals surface area contributed by atoms with Crippen LogP contribution in [-0.2, 0) is 19.7 Å². The van der Waals surface area contributed by atoms with E-state index in [0.717, 1.165) is 0 Å². The number of rotatable bonds is 6. The molecule has 0 saturated heterocycles. The summed E-state index contributed by atoms with van der Waals surface area (Å²) in [4.78, 5) is 0. The Kier molecular flexibility index (Phi) is 5.11. The maximum absolute atomic E-state index is 12.3. The molecule has 0 rings (SSSR count). The van der Waals surface area contributed by atoms with E-state index in [1.165, 1.54) is 27.7 Å². The lowest BCUT2D eigenvalue weighted by Gasteiger charge is -2.24. The second-order valence-electron chi connectivity index (χ2n) is 4.16. The van der Waals surface area contributed by atoms with Crippen LogP contribution in [0.2, 0.25) is 0 Å². The Morgan fingerprint density at radius 3 is 1.50 bits per heavy atom. The summed E-state index contributed by atoms with van der Waals surface area (Å²) >= 11 is -2.14. The molecule has 0 bridgehead atoms. The van der Waals surface area contributed by atoms with Gasteiger partial charge in [0.2, 0.25) is 0 Å². The molecule has 0 radical (unpaired) electrons. The standard InChI is InChI=1S/C8H16F2O3S/c1-7(2,5-9)12-14(11)13-8(3,4)6-10/h5-6H2,1-4H3. The van der Waals surface area contributed by atoms with E-state index in [0.29, 0.717) is 0 Å². The fourth-order valence-electron chi connectivity index (χ4n) is 0.430. The van der Waals surface area contributed by atoms with Crippen molar-refractivity contribution in [2.75, 3.05) is 13.3 Å². The van der Waals surface area contributed by atoms with Gasteiger partial charge in [0.1, 0.15) is 24.6 Å². The molecular formula is C8H16F2O3S. The number of hydrogen-bond donors (Lipinski definition) is 0. The minimum absolute atomic E-state index is 0.793. The molecule has 0 spiro atoms. The number of alkyl halides is 2. The highest BCUT2D eigenvalue weighted by Gasteiger charge is 2.28. The van der Waals surface area contributed by atoms with Crippen LogP contribution in [-0.4, -0.2) is 28.8 Å². The SMILES string of the molecule is CC(C)(CF)OS(=O)OC(C)(C)CF. The van der Waals surface area contributed by atoms with Crippen molar-refractivity contribution in [3.63, 3.8) is 0 Å². The van der Waals surface area contributed by atoms with E-state index in [4.69, 9.17) is 8.37 Å². The van der Waals surface area contributed by atoms with E-state index in [9.17, 15) is 13.0 Å².